The summed E-state index contributed by atoms with van der Waals surface area (Å²) in [6.07, 6.45) is 1.70. The van der Waals surface area contributed by atoms with Gasteiger partial charge in [0.2, 0.25) is 0 Å². The molecule has 0 atom stereocenters. The summed E-state index contributed by atoms with van der Waals surface area (Å²) in [4.78, 5) is 0. The molecule has 0 saturated heterocycles. The van der Waals surface area contributed by atoms with E-state index in [0.717, 1.165) is 5.70 Å². The monoisotopic (exact) mass is 173 g/mol. The van der Waals surface area contributed by atoms with Crippen molar-refractivity contribution in [2.75, 3.05) is 0 Å². The van der Waals surface area contributed by atoms with Crippen molar-refractivity contribution in [3.05, 3.63) is 54.2 Å². The molecule has 0 aromatic heterocycles. The molecule has 0 bridgehead atoms. The number of rotatable bonds is 3. The van der Waals surface area contributed by atoms with Crippen LogP contribution >= 0.6 is 0 Å². The van der Waals surface area contributed by atoms with Crippen molar-refractivity contribution in [1.82, 2.24) is 5.32 Å². The summed E-state index contributed by atoms with van der Waals surface area (Å²) in [5.41, 5.74) is 3.59. The molecule has 0 aliphatic carbocycles. The van der Waals surface area contributed by atoms with Crippen LogP contribution in [0.2, 0.25) is 0 Å². The van der Waals surface area contributed by atoms with E-state index in [2.05, 4.69) is 37.9 Å². The van der Waals surface area contributed by atoms with Crippen molar-refractivity contribution in [2.45, 2.75) is 13.8 Å². The van der Waals surface area contributed by atoms with Gasteiger partial charge in [-0.15, -0.1) is 0 Å². The van der Waals surface area contributed by atoms with E-state index < -0.39 is 0 Å². The molecule has 0 amide bonds. The number of hydrogen-bond acceptors (Lipinski definition) is 1. The largest absolute Gasteiger partial charge is 0.362 e. The highest BCUT2D eigenvalue weighted by atomic mass is 14.8. The molecule has 0 fully saturated rings. The third kappa shape index (κ3) is 2.48. The molecule has 0 radical (unpaired) electrons. The van der Waals surface area contributed by atoms with Crippen LogP contribution in [0.25, 0.3) is 5.70 Å². The summed E-state index contributed by atoms with van der Waals surface area (Å²) in [7, 11) is 0. The number of nitrogens with one attached hydrogen (secondary N) is 1. The molecule has 1 aromatic carbocycles. The Morgan fingerprint density at radius 3 is 2.31 bits per heavy atom. The van der Waals surface area contributed by atoms with Crippen LogP contribution in [-0.2, 0) is 0 Å². The third-order valence-corrected chi connectivity index (χ3v) is 1.81. The van der Waals surface area contributed by atoms with Crippen LogP contribution in [-0.4, -0.2) is 0 Å². The highest BCUT2D eigenvalue weighted by molar-refractivity contribution is 5.66. The Bertz CT molecular complexity index is 305. The lowest BCUT2D eigenvalue weighted by molar-refractivity contribution is 1.18. The van der Waals surface area contributed by atoms with E-state index in [-0.39, 0.29) is 0 Å². The standard InChI is InChI=1S/C12H15N/c1-4-13-12(10(2)3)11-8-6-5-7-9-11/h4-9,13H,1H2,2-3H3. The second-order valence-corrected chi connectivity index (χ2v) is 3.09. The van der Waals surface area contributed by atoms with E-state index in [9.17, 15) is 0 Å². The Labute approximate surface area is 79.8 Å². The van der Waals surface area contributed by atoms with Gasteiger partial charge in [-0.05, 0) is 25.6 Å². The fourth-order valence-corrected chi connectivity index (χ4v) is 1.22. The molecule has 0 saturated carbocycles. The molecule has 1 nitrogen and oxygen atoms in total. The first-order valence-electron chi connectivity index (χ1n) is 4.36. The minimum absolute atomic E-state index is 1.13. The maximum atomic E-state index is 3.66. The van der Waals surface area contributed by atoms with Gasteiger partial charge >= 0.3 is 0 Å². The first kappa shape index (κ1) is 9.59. The minimum Gasteiger partial charge on any atom is -0.362 e. The molecule has 0 aliphatic rings. The van der Waals surface area contributed by atoms with E-state index in [0.29, 0.717) is 0 Å². The summed E-state index contributed by atoms with van der Waals surface area (Å²) in [6.45, 7) is 7.83. The van der Waals surface area contributed by atoms with Crippen LogP contribution in [0.15, 0.2) is 48.7 Å². The van der Waals surface area contributed by atoms with Crippen molar-refractivity contribution in [1.29, 1.82) is 0 Å². The number of hydrogen-bond donors (Lipinski definition) is 1. The van der Waals surface area contributed by atoms with E-state index in [4.69, 9.17) is 0 Å². The average molecular weight is 173 g/mol. The highest BCUT2D eigenvalue weighted by Gasteiger charge is 1.99. The van der Waals surface area contributed by atoms with Crippen LogP contribution in [0.1, 0.15) is 19.4 Å². The van der Waals surface area contributed by atoms with Gasteiger partial charge in [0.15, 0.2) is 0 Å². The van der Waals surface area contributed by atoms with E-state index in [1.165, 1.54) is 11.1 Å². The molecule has 1 heteroatoms. The normalized spacial score (nSPS) is 9.08. The molecule has 0 unspecified atom stereocenters. The predicted octanol–water partition coefficient (Wildman–Crippen LogP) is 3.17. The van der Waals surface area contributed by atoms with Gasteiger partial charge in [-0.2, -0.15) is 0 Å². The van der Waals surface area contributed by atoms with Crippen LogP contribution in [0.4, 0.5) is 0 Å². The molecule has 13 heavy (non-hydrogen) atoms. The summed E-state index contributed by atoms with van der Waals surface area (Å²) in [5.74, 6) is 0. The third-order valence-electron chi connectivity index (χ3n) is 1.81. The fraction of sp³-hybridized carbons (Fsp3) is 0.167. The molecule has 0 aliphatic heterocycles. The lowest BCUT2D eigenvalue weighted by Crippen LogP contribution is -2.04. The zero-order valence-electron chi connectivity index (χ0n) is 8.17. The van der Waals surface area contributed by atoms with Crippen molar-refractivity contribution in [3.8, 4) is 0 Å². The van der Waals surface area contributed by atoms with Crippen molar-refractivity contribution >= 4 is 5.70 Å². The molecular formula is C12H15N. The van der Waals surface area contributed by atoms with Gasteiger partial charge in [-0.3, -0.25) is 0 Å². The second kappa shape index (κ2) is 4.51. The lowest BCUT2D eigenvalue weighted by atomic mass is 10.1. The van der Waals surface area contributed by atoms with Gasteiger partial charge in [0.05, 0.1) is 0 Å². The molecule has 1 N–H and O–H groups in total. The first-order valence-corrected chi connectivity index (χ1v) is 4.36. The highest BCUT2D eigenvalue weighted by Crippen LogP contribution is 2.14. The topological polar surface area (TPSA) is 12.0 Å². The van der Waals surface area contributed by atoms with Crippen LogP contribution in [0.5, 0.6) is 0 Å². The van der Waals surface area contributed by atoms with Gasteiger partial charge < -0.3 is 5.32 Å². The SMILES string of the molecule is C=CNC(=C(C)C)c1ccccc1. The van der Waals surface area contributed by atoms with E-state index in [1.54, 1.807) is 6.20 Å². The van der Waals surface area contributed by atoms with Gasteiger partial charge in [0.25, 0.3) is 0 Å². The maximum Gasteiger partial charge on any atom is 0.0439 e. The molecule has 1 rings (SSSR count). The minimum atomic E-state index is 1.13. The summed E-state index contributed by atoms with van der Waals surface area (Å²) in [5, 5.41) is 3.14. The van der Waals surface area contributed by atoms with Gasteiger partial charge in [-0.25, -0.2) is 0 Å². The number of allylic oxidation sites excluding steroid dienone is 1. The van der Waals surface area contributed by atoms with Crippen molar-refractivity contribution in [3.63, 3.8) is 0 Å². The Morgan fingerprint density at radius 1 is 1.23 bits per heavy atom. The molecule has 68 valence electrons. The Kier molecular flexibility index (Phi) is 3.32. The summed E-state index contributed by atoms with van der Waals surface area (Å²) >= 11 is 0. The molecule has 0 heterocycles. The molecule has 1 aromatic rings. The first-order chi connectivity index (χ1) is 6.25. The maximum absolute atomic E-state index is 3.66. The average Bonchev–Trinajstić information content (AvgIpc) is 2.15. The quantitative estimate of drug-likeness (QED) is 0.740. The number of benzene rings is 1. The molecular weight excluding hydrogens is 158 g/mol. The zero-order chi connectivity index (χ0) is 9.68. The fourth-order valence-electron chi connectivity index (χ4n) is 1.22. The van der Waals surface area contributed by atoms with Crippen LogP contribution in [0.3, 0.4) is 0 Å². The lowest BCUT2D eigenvalue weighted by Gasteiger charge is -2.09. The van der Waals surface area contributed by atoms with Gasteiger partial charge in [-0.1, -0.05) is 42.5 Å². The van der Waals surface area contributed by atoms with Gasteiger partial charge in [0, 0.05) is 5.70 Å². The second-order valence-electron chi connectivity index (χ2n) is 3.09. The Hall–Kier alpha value is -1.50. The van der Waals surface area contributed by atoms with E-state index >= 15 is 0 Å². The van der Waals surface area contributed by atoms with Crippen molar-refractivity contribution in [2.24, 2.45) is 0 Å². The van der Waals surface area contributed by atoms with Gasteiger partial charge in [0.1, 0.15) is 0 Å². The summed E-state index contributed by atoms with van der Waals surface area (Å²) in [6, 6.07) is 10.2. The van der Waals surface area contributed by atoms with Crippen molar-refractivity contribution < 1.29 is 0 Å². The Balaban J connectivity index is 3.04. The van der Waals surface area contributed by atoms with Crippen LogP contribution < -0.4 is 5.32 Å². The zero-order valence-corrected chi connectivity index (χ0v) is 8.17. The predicted molar refractivity (Wildman–Crippen MR) is 58.0 cm³/mol. The molecule has 0 spiro atoms. The van der Waals surface area contributed by atoms with Crippen LogP contribution in [0, 0.1) is 0 Å². The smallest absolute Gasteiger partial charge is 0.0439 e. The van der Waals surface area contributed by atoms with E-state index in [1.807, 2.05) is 18.2 Å². The Morgan fingerprint density at radius 2 is 1.85 bits per heavy atom. The summed E-state index contributed by atoms with van der Waals surface area (Å²) < 4.78 is 0.